The fourth-order valence-corrected chi connectivity index (χ4v) is 4.52. The van der Waals surface area contributed by atoms with E-state index in [2.05, 4.69) is 5.32 Å². The van der Waals surface area contributed by atoms with E-state index in [0.717, 1.165) is 43.0 Å². The monoisotopic (exact) mass is 368 g/mol. The first-order chi connectivity index (χ1) is 11.4. The highest BCUT2D eigenvalue weighted by Crippen LogP contribution is 2.30. The van der Waals surface area contributed by atoms with Gasteiger partial charge < -0.3 is 5.32 Å². The van der Waals surface area contributed by atoms with Crippen molar-refractivity contribution in [2.24, 2.45) is 5.14 Å². The number of fused-ring (bicyclic) bond motifs is 1. The third-order valence-corrected chi connectivity index (χ3v) is 6.15. The number of thiophene rings is 1. The standard InChI is InChI=1S/C16H17FN2O3S2/c17-14-6-5-11(24(18,21)22)7-13(14)16(20)19-8-10-9-23-15-4-2-1-3-12(10)15/h5-7,9H,1-4,8H2,(H,19,20)(H2,18,21,22). The fraction of sp³-hybridized carbons (Fsp3) is 0.312. The van der Waals surface area contributed by atoms with Crippen LogP contribution in [0.5, 0.6) is 0 Å². The fourth-order valence-electron chi connectivity index (χ4n) is 2.84. The second kappa shape index (κ2) is 6.62. The van der Waals surface area contributed by atoms with Crippen LogP contribution in [-0.4, -0.2) is 14.3 Å². The number of halogens is 1. The average molecular weight is 368 g/mol. The van der Waals surface area contributed by atoms with Gasteiger partial charge in [-0.05, 0) is 60.4 Å². The third-order valence-electron chi connectivity index (χ3n) is 4.10. The molecule has 1 aliphatic rings. The Labute approximate surface area is 143 Å². The first-order valence-corrected chi connectivity index (χ1v) is 9.97. The average Bonchev–Trinajstić information content (AvgIpc) is 2.95. The second-order valence-electron chi connectivity index (χ2n) is 5.74. The number of aryl methyl sites for hydroxylation is 1. The van der Waals surface area contributed by atoms with Gasteiger partial charge in [-0.2, -0.15) is 0 Å². The van der Waals surface area contributed by atoms with Crippen LogP contribution in [0, 0.1) is 5.82 Å². The molecule has 0 bridgehead atoms. The maximum absolute atomic E-state index is 13.9. The normalized spacial score (nSPS) is 14.2. The highest BCUT2D eigenvalue weighted by molar-refractivity contribution is 7.89. The zero-order valence-corrected chi connectivity index (χ0v) is 14.5. The van der Waals surface area contributed by atoms with Crippen molar-refractivity contribution in [3.05, 3.63) is 51.0 Å². The molecule has 8 heteroatoms. The molecule has 2 aromatic rings. The SMILES string of the molecule is NS(=O)(=O)c1ccc(F)c(C(=O)NCc2csc3c2CCCC3)c1. The minimum atomic E-state index is -3.99. The molecule has 1 aliphatic carbocycles. The summed E-state index contributed by atoms with van der Waals surface area (Å²) >= 11 is 1.69. The zero-order valence-electron chi connectivity index (χ0n) is 12.8. The highest BCUT2D eigenvalue weighted by atomic mass is 32.2. The van der Waals surface area contributed by atoms with E-state index in [9.17, 15) is 17.6 Å². The van der Waals surface area contributed by atoms with Gasteiger partial charge in [-0.1, -0.05) is 0 Å². The van der Waals surface area contributed by atoms with Gasteiger partial charge in [-0.3, -0.25) is 4.79 Å². The number of primary sulfonamides is 1. The molecule has 24 heavy (non-hydrogen) atoms. The molecule has 0 aliphatic heterocycles. The van der Waals surface area contributed by atoms with Crippen molar-refractivity contribution in [1.82, 2.24) is 5.32 Å². The van der Waals surface area contributed by atoms with Crippen molar-refractivity contribution in [3.8, 4) is 0 Å². The molecule has 1 aromatic heterocycles. The molecule has 128 valence electrons. The number of nitrogens with two attached hydrogens (primary N) is 1. The molecular weight excluding hydrogens is 351 g/mol. The Morgan fingerprint density at radius 1 is 1.29 bits per heavy atom. The maximum atomic E-state index is 13.9. The van der Waals surface area contributed by atoms with E-state index < -0.39 is 21.7 Å². The molecule has 3 N–H and O–H groups in total. The number of rotatable bonds is 4. The summed E-state index contributed by atoms with van der Waals surface area (Å²) in [5, 5.41) is 9.71. The predicted octanol–water partition coefficient (Wildman–Crippen LogP) is 2.34. The third kappa shape index (κ3) is 3.50. The number of amides is 1. The van der Waals surface area contributed by atoms with Gasteiger partial charge in [-0.15, -0.1) is 11.3 Å². The van der Waals surface area contributed by atoms with Crippen LogP contribution < -0.4 is 10.5 Å². The van der Waals surface area contributed by atoms with Crippen molar-refractivity contribution in [2.75, 3.05) is 0 Å². The van der Waals surface area contributed by atoms with E-state index in [1.54, 1.807) is 11.3 Å². The van der Waals surface area contributed by atoms with Crippen molar-refractivity contribution in [1.29, 1.82) is 0 Å². The van der Waals surface area contributed by atoms with E-state index in [1.807, 2.05) is 5.38 Å². The number of sulfonamides is 1. The number of carbonyl (C=O) groups excluding carboxylic acids is 1. The number of benzene rings is 1. The van der Waals surface area contributed by atoms with Crippen molar-refractivity contribution < 1.29 is 17.6 Å². The molecule has 0 unspecified atom stereocenters. The zero-order chi connectivity index (χ0) is 17.3. The second-order valence-corrected chi connectivity index (χ2v) is 8.26. The van der Waals surface area contributed by atoms with Gasteiger partial charge in [-0.25, -0.2) is 17.9 Å². The Morgan fingerprint density at radius 2 is 2.04 bits per heavy atom. The summed E-state index contributed by atoms with van der Waals surface area (Å²) in [5.74, 6) is -1.44. The van der Waals surface area contributed by atoms with E-state index in [1.165, 1.54) is 16.9 Å². The quantitative estimate of drug-likeness (QED) is 0.868. The molecule has 1 aromatic carbocycles. The van der Waals surface area contributed by atoms with Crippen LogP contribution >= 0.6 is 11.3 Å². The summed E-state index contributed by atoms with van der Waals surface area (Å²) in [6, 6.07) is 2.93. The predicted molar refractivity (Wildman–Crippen MR) is 89.9 cm³/mol. The maximum Gasteiger partial charge on any atom is 0.254 e. The topological polar surface area (TPSA) is 89.3 Å². The van der Waals surface area contributed by atoms with Crippen LogP contribution in [0.4, 0.5) is 4.39 Å². The first kappa shape index (κ1) is 17.1. The van der Waals surface area contributed by atoms with Crippen molar-refractivity contribution in [2.45, 2.75) is 37.1 Å². The minimum Gasteiger partial charge on any atom is -0.348 e. The van der Waals surface area contributed by atoms with Crippen LogP contribution in [0.3, 0.4) is 0 Å². The molecular formula is C16H17FN2O3S2. The molecule has 0 radical (unpaired) electrons. The highest BCUT2D eigenvalue weighted by Gasteiger charge is 2.19. The Balaban J connectivity index is 1.77. The van der Waals surface area contributed by atoms with Crippen LogP contribution in [-0.2, 0) is 29.4 Å². The van der Waals surface area contributed by atoms with Gasteiger partial charge in [0.05, 0.1) is 10.5 Å². The van der Waals surface area contributed by atoms with Crippen molar-refractivity contribution in [3.63, 3.8) is 0 Å². The number of hydrogen-bond donors (Lipinski definition) is 2. The Hall–Kier alpha value is -1.77. The van der Waals surface area contributed by atoms with E-state index in [-0.39, 0.29) is 10.5 Å². The molecule has 1 amide bonds. The van der Waals surface area contributed by atoms with Crippen molar-refractivity contribution >= 4 is 27.3 Å². The summed E-state index contributed by atoms with van der Waals surface area (Å²) in [6.45, 7) is 0.295. The van der Waals surface area contributed by atoms with Crippen LogP contribution in [0.25, 0.3) is 0 Å². The lowest BCUT2D eigenvalue weighted by Crippen LogP contribution is -2.25. The molecule has 0 saturated carbocycles. The molecule has 0 fully saturated rings. The van der Waals surface area contributed by atoms with Gasteiger partial charge in [0.2, 0.25) is 10.0 Å². The van der Waals surface area contributed by atoms with Gasteiger partial charge in [0.25, 0.3) is 5.91 Å². The lowest BCUT2D eigenvalue weighted by Gasteiger charge is -2.13. The summed E-state index contributed by atoms with van der Waals surface area (Å²) in [5.41, 5.74) is 2.00. The summed E-state index contributed by atoms with van der Waals surface area (Å²) < 4.78 is 36.6. The summed E-state index contributed by atoms with van der Waals surface area (Å²) in [6.07, 6.45) is 4.39. The van der Waals surface area contributed by atoms with Gasteiger partial charge in [0.15, 0.2) is 0 Å². The Morgan fingerprint density at radius 3 is 2.79 bits per heavy atom. The molecule has 0 atom stereocenters. The van der Waals surface area contributed by atoms with E-state index in [0.29, 0.717) is 6.54 Å². The van der Waals surface area contributed by atoms with E-state index >= 15 is 0 Å². The van der Waals surface area contributed by atoms with E-state index in [4.69, 9.17) is 5.14 Å². The summed E-state index contributed by atoms with van der Waals surface area (Å²) in [7, 11) is -3.99. The number of hydrogen-bond acceptors (Lipinski definition) is 4. The Kier molecular flexibility index (Phi) is 4.71. The number of nitrogens with one attached hydrogen (secondary N) is 1. The van der Waals surface area contributed by atoms with Gasteiger partial charge in [0, 0.05) is 11.4 Å². The molecule has 5 nitrogen and oxygen atoms in total. The molecule has 0 spiro atoms. The lowest BCUT2D eigenvalue weighted by atomic mass is 9.96. The van der Waals surface area contributed by atoms with Gasteiger partial charge >= 0.3 is 0 Å². The van der Waals surface area contributed by atoms with Crippen LogP contribution in [0.1, 0.15) is 39.2 Å². The molecule has 3 rings (SSSR count). The molecule has 1 heterocycles. The molecule has 0 saturated heterocycles. The first-order valence-electron chi connectivity index (χ1n) is 7.55. The minimum absolute atomic E-state index is 0.290. The van der Waals surface area contributed by atoms with Crippen LogP contribution in [0.15, 0.2) is 28.5 Å². The Bertz CT molecular complexity index is 891. The largest absolute Gasteiger partial charge is 0.348 e. The van der Waals surface area contributed by atoms with Crippen LogP contribution in [0.2, 0.25) is 0 Å². The number of carbonyl (C=O) groups is 1. The smallest absolute Gasteiger partial charge is 0.254 e. The van der Waals surface area contributed by atoms with Gasteiger partial charge in [0.1, 0.15) is 5.82 Å². The summed E-state index contributed by atoms with van der Waals surface area (Å²) in [4.78, 5) is 13.3. The lowest BCUT2D eigenvalue weighted by molar-refractivity contribution is 0.0946.